The number of carbonyl (C=O) groups excluding carboxylic acids is 1. The van der Waals surface area contributed by atoms with E-state index in [0.29, 0.717) is 37.8 Å². The standard InChI is InChI=1S/C37H53N7O3/c1-29(45)44(28-37(12-11-35(46)47,23-33-38-16-17-39-33)24-34-40-18-19-41-34)26-31-9-7-30(8-10-31)25-42-20-13-36(27-42)14-21-43(22-15-36)32-5-3-2-4-6-32/h7-10,16-19,32H,2-6,11-15,20-28H2,1H3,(H,38,39)(H,40,41)(H,46,47). The van der Waals surface area contributed by atoms with E-state index < -0.39 is 11.4 Å². The molecule has 3 N–H and O–H groups in total. The van der Waals surface area contributed by atoms with E-state index in [1.54, 1.807) is 31.7 Å². The fourth-order valence-electron chi connectivity index (χ4n) is 8.59. The largest absolute Gasteiger partial charge is 0.481 e. The quantitative estimate of drug-likeness (QED) is 0.214. The van der Waals surface area contributed by atoms with Crippen LogP contribution in [0, 0.1) is 10.8 Å². The number of hydrogen-bond acceptors (Lipinski definition) is 6. The Kier molecular flexibility index (Phi) is 10.8. The van der Waals surface area contributed by atoms with Gasteiger partial charge in [0.1, 0.15) is 11.6 Å². The van der Waals surface area contributed by atoms with E-state index >= 15 is 0 Å². The van der Waals surface area contributed by atoms with E-state index in [4.69, 9.17) is 0 Å². The summed E-state index contributed by atoms with van der Waals surface area (Å²) < 4.78 is 0. The molecule has 1 aromatic carbocycles. The SMILES string of the molecule is CC(=O)N(Cc1ccc(CN2CCC3(CCN(C4CCCCC4)CC3)C2)cc1)CC(CCC(=O)O)(Cc1ncc[nH]1)Cc1ncc[nH]1. The number of likely N-dealkylation sites (tertiary alicyclic amines) is 2. The van der Waals surface area contributed by atoms with E-state index in [2.05, 4.69) is 54.0 Å². The molecule has 3 fully saturated rings. The van der Waals surface area contributed by atoms with Gasteiger partial charge < -0.3 is 24.9 Å². The zero-order chi connectivity index (χ0) is 32.7. The minimum absolute atomic E-state index is 0.00157. The van der Waals surface area contributed by atoms with Crippen LogP contribution in [0.15, 0.2) is 49.1 Å². The van der Waals surface area contributed by atoms with Crippen molar-refractivity contribution in [1.82, 2.24) is 34.6 Å². The van der Waals surface area contributed by atoms with Crippen molar-refractivity contribution in [2.75, 3.05) is 32.7 Å². The van der Waals surface area contributed by atoms with Crippen molar-refractivity contribution in [3.8, 4) is 0 Å². The average molecular weight is 644 g/mol. The number of nitrogens with one attached hydrogen (secondary N) is 2. The number of imidazole rings is 2. The van der Waals surface area contributed by atoms with Gasteiger partial charge in [0.05, 0.1) is 0 Å². The Bertz CT molecular complexity index is 1370. The monoisotopic (exact) mass is 643 g/mol. The van der Waals surface area contributed by atoms with Crippen molar-refractivity contribution in [2.45, 2.75) is 103 Å². The van der Waals surface area contributed by atoms with Crippen LogP contribution in [0.1, 0.15) is 93.9 Å². The van der Waals surface area contributed by atoms with Crippen molar-refractivity contribution in [1.29, 1.82) is 0 Å². The highest BCUT2D eigenvalue weighted by Crippen LogP contribution is 2.42. The molecule has 0 bridgehead atoms. The Labute approximate surface area is 279 Å². The van der Waals surface area contributed by atoms with E-state index in [9.17, 15) is 14.7 Å². The number of amides is 1. The van der Waals surface area contributed by atoms with Gasteiger partial charge in [-0.25, -0.2) is 9.97 Å². The molecule has 1 aliphatic carbocycles. The summed E-state index contributed by atoms with van der Waals surface area (Å²) in [6.07, 6.45) is 19.4. The fraction of sp³-hybridized carbons (Fsp3) is 0.622. The van der Waals surface area contributed by atoms with Gasteiger partial charge >= 0.3 is 5.97 Å². The number of carboxylic acid groups (broad SMARTS) is 1. The molecule has 1 spiro atoms. The molecule has 1 amide bonds. The van der Waals surface area contributed by atoms with Crippen LogP contribution < -0.4 is 0 Å². The lowest BCUT2D eigenvalue weighted by molar-refractivity contribution is -0.138. The third kappa shape index (κ3) is 8.90. The van der Waals surface area contributed by atoms with Crippen LogP contribution in [0.5, 0.6) is 0 Å². The Hall–Kier alpha value is -3.50. The first-order chi connectivity index (χ1) is 22.8. The molecule has 2 saturated heterocycles. The van der Waals surface area contributed by atoms with Crippen molar-refractivity contribution < 1.29 is 14.7 Å². The number of aliphatic carboxylic acids is 1. The molecule has 10 heteroatoms. The lowest BCUT2D eigenvalue weighted by atomic mass is 9.75. The van der Waals surface area contributed by atoms with Crippen molar-refractivity contribution in [3.63, 3.8) is 0 Å². The maximum absolute atomic E-state index is 13.1. The predicted molar refractivity (Wildman–Crippen MR) is 181 cm³/mol. The van der Waals surface area contributed by atoms with Crippen LogP contribution in [0.4, 0.5) is 0 Å². The first kappa shape index (κ1) is 33.4. The van der Waals surface area contributed by atoms with Gasteiger partial charge in [-0.1, -0.05) is 43.5 Å². The minimum Gasteiger partial charge on any atom is -0.481 e. The number of carbonyl (C=O) groups is 2. The second kappa shape index (κ2) is 15.2. The van der Waals surface area contributed by atoms with Crippen LogP contribution in [-0.2, 0) is 35.5 Å². The number of benzene rings is 1. The van der Waals surface area contributed by atoms with E-state index in [1.165, 1.54) is 83.1 Å². The van der Waals surface area contributed by atoms with E-state index in [-0.39, 0.29) is 12.3 Å². The highest BCUT2D eigenvalue weighted by Gasteiger charge is 2.41. The van der Waals surface area contributed by atoms with Crippen LogP contribution >= 0.6 is 0 Å². The van der Waals surface area contributed by atoms with E-state index in [0.717, 1.165) is 29.8 Å². The number of nitrogens with zero attached hydrogens (tertiary/aromatic N) is 5. The number of carboxylic acids is 1. The van der Waals surface area contributed by atoms with Gasteiger partial charge in [0.2, 0.25) is 5.91 Å². The van der Waals surface area contributed by atoms with Crippen molar-refractivity contribution >= 4 is 11.9 Å². The van der Waals surface area contributed by atoms with Gasteiger partial charge in [0, 0.05) is 88.6 Å². The minimum atomic E-state index is -0.855. The second-order valence-corrected chi connectivity index (χ2v) is 14.8. The molecule has 1 saturated carbocycles. The summed E-state index contributed by atoms with van der Waals surface area (Å²) in [4.78, 5) is 47.4. The summed E-state index contributed by atoms with van der Waals surface area (Å²) in [5, 5.41) is 9.63. The summed E-state index contributed by atoms with van der Waals surface area (Å²) in [5.41, 5.74) is 2.30. The normalized spacial score (nSPS) is 19.3. The van der Waals surface area contributed by atoms with Gasteiger partial charge in [0.15, 0.2) is 0 Å². The highest BCUT2D eigenvalue weighted by atomic mass is 16.4. The molecular weight excluding hydrogens is 590 g/mol. The van der Waals surface area contributed by atoms with E-state index in [1.807, 2.05) is 4.90 Å². The van der Waals surface area contributed by atoms with Gasteiger partial charge in [-0.15, -0.1) is 0 Å². The Balaban J connectivity index is 1.08. The fourth-order valence-corrected chi connectivity index (χ4v) is 8.59. The molecule has 0 unspecified atom stereocenters. The lowest BCUT2D eigenvalue weighted by Crippen LogP contribution is -2.46. The number of hydrogen-bond donors (Lipinski definition) is 3. The van der Waals surface area contributed by atoms with Gasteiger partial charge in [-0.05, 0) is 74.7 Å². The summed E-state index contributed by atoms with van der Waals surface area (Å²) in [6.45, 7) is 8.36. The molecule has 47 heavy (non-hydrogen) atoms. The van der Waals surface area contributed by atoms with Crippen LogP contribution in [0.25, 0.3) is 0 Å². The molecule has 4 heterocycles. The lowest BCUT2D eigenvalue weighted by Gasteiger charge is -2.43. The van der Waals surface area contributed by atoms with Crippen LogP contribution in [-0.4, -0.2) is 90.4 Å². The topological polar surface area (TPSA) is 121 Å². The first-order valence-electron chi connectivity index (χ1n) is 17.8. The number of H-pyrrole nitrogens is 2. The molecule has 0 radical (unpaired) electrons. The second-order valence-electron chi connectivity index (χ2n) is 14.8. The van der Waals surface area contributed by atoms with Crippen LogP contribution in [0.2, 0.25) is 0 Å². The zero-order valence-electron chi connectivity index (χ0n) is 28.1. The molecule has 3 aromatic rings. The van der Waals surface area contributed by atoms with Crippen LogP contribution in [0.3, 0.4) is 0 Å². The number of rotatable bonds is 14. The predicted octanol–water partition coefficient (Wildman–Crippen LogP) is 5.44. The smallest absolute Gasteiger partial charge is 0.303 e. The average Bonchev–Trinajstić information content (AvgIpc) is 3.86. The molecule has 254 valence electrons. The molecule has 10 nitrogen and oxygen atoms in total. The molecular formula is C37H53N7O3. The first-order valence-corrected chi connectivity index (χ1v) is 17.8. The highest BCUT2D eigenvalue weighted by molar-refractivity contribution is 5.73. The molecule has 0 atom stereocenters. The maximum Gasteiger partial charge on any atom is 0.303 e. The van der Waals surface area contributed by atoms with Gasteiger partial charge in [0.25, 0.3) is 0 Å². The third-order valence-corrected chi connectivity index (χ3v) is 11.3. The summed E-state index contributed by atoms with van der Waals surface area (Å²) in [6, 6.07) is 9.57. The van der Waals surface area contributed by atoms with Crippen molar-refractivity contribution in [3.05, 3.63) is 71.8 Å². The number of aromatic nitrogens is 4. The van der Waals surface area contributed by atoms with Gasteiger partial charge in [-0.2, -0.15) is 0 Å². The Morgan fingerprint density at radius 3 is 2.13 bits per heavy atom. The maximum atomic E-state index is 13.1. The molecule has 2 aliphatic heterocycles. The molecule has 3 aliphatic rings. The number of aromatic amines is 2. The van der Waals surface area contributed by atoms with Crippen molar-refractivity contribution in [2.24, 2.45) is 10.8 Å². The molecule has 2 aromatic heterocycles. The number of piperidine rings is 1. The summed E-state index contributed by atoms with van der Waals surface area (Å²) >= 11 is 0. The Morgan fingerprint density at radius 2 is 1.55 bits per heavy atom. The molecule has 6 rings (SSSR count). The van der Waals surface area contributed by atoms with Gasteiger partial charge in [-0.3, -0.25) is 14.5 Å². The zero-order valence-corrected chi connectivity index (χ0v) is 28.1. The third-order valence-electron chi connectivity index (χ3n) is 11.3. The summed E-state index contributed by atoms with van der Waals surface area (Å²) in [7, 11) is 0. The summed E-state index contributed by atoms with van der Waals surface area (Å²) in [5.74, 6) is 0.651. The Morgan fingerprint density at radius 1 is 0.936 bits per heavy atom.